The molecule has 1 aromatic rings. The highest BCUT2D eigenvalue weighted by atomic mass is 28.3. The first kappa shape index (κ1) is 14.7. The van der Waals surface area contributed by atoms with E-state index in [0.29, 0.717) is 0 Å². The third-order valence-corrected chi connectivity index (χ3v) is 5.69. The Hall–Kier alpha value is -0.346. The van der Waals surface area contributed by atoms with Gasteiger partial charge in [0, 0.05) is 16.1 Å². The molecule has 0 aliphatic rings. The van der Waals surface area contributed by atoms with E-state index in [0.717, 1.165) is 0 Å². The SMILES string of the molecule is Cc1ccc(C[Si](C)(C)C)c(C[Si](C)(C)C)c1. The molecule has 17 heavy (non-hydrogen) atoms. The smallest absolute Gasteiger partial charge is 0.0487 e. The Bertz CT molecular complexity index is 381. The zero-order chi connectivity index (χ0) is 13.3. The van der Waals surface area contributed by atoms with Gasteiger partial charge in [-0.1, -0.05) is 63.0 Å². The fourth-order valence-corrected chi connectivity index (χ4v) is 5.19. The predicted molar refractivity (Wildman–Crippen MR) is 85.3 cm³/mol. The van der Waals surface area contributed by atoms with Crippen LogP contribution in [0.15, 0.2) is 18.2 Å². The molecule has 0 unspecified atom stereocenters. The molecule has 0 N–H and O–H groups in total. The molecule has 0 saturated carbocycles. The van der Waals surface area contributed by atoms with Crippen molar-refractivity contribution in [3.05, 3.63) is 34.9 Å². The van der Waals surface area contributed by atoms with Crippen LogP contribution in [0.3, 0.4) is 0 Å². The highest BCUT2D eigenvalue weighted by Gasteiger charge is 2.20. The summed E-state index contributed by atoms with van der Waals surface area (Å²) in [5, 5.41) is 0. The van der Waals surface area contributed by atoms with E-state index in [-0.39, 0.29) is 0 Å². The summed E-state index contributed by atoms with van der Waals surface area (Å²) >= 11 is 0. The van der Waals surface area contributed by atoms with Gasteiger partial charge >= 0.3 is 0 Å². The molecule has 0 heterocycles. The van der Waals surface area contributed by atoms with Gasteiger partial charge in [-0.3, -0.25) is 0 Å². The molecular formula is C15H28Si2. The zero-order valence-electron chi connectivity index (χ0n) is 12.6. The van der Waals surface area contributed by atoms with Crippen LogP contribution >= 0.6 is 0 Å². The van der Waals surface area contributed by atoms with Crippen LogP contribution < -0.4 is 0 Å². The summed E-state index contributed by atoms with van der Waals surface area (Å²) in [5.74, 6) is 0. The number of benzene rings is 1. The Labute approximate surface area is 109 Å². The maximum Gasteiger partial charge on any atom is 0.0487 e. The maximum absolute atomic E-state index is 2.47. The van der Waals surface area contributed by atoms with Gasteiger partial charge in [-0.05, 0) is 30.1 Å². The predicted octanol–water partition coefficient (Wildman–Crippen LogP) is 4.83. The van der Waals surface area contributed by atoms with Gasteiger partial charge in [0.05, 0.1) is 0 Å². The average Bonchev–Trinajstić information content (AvgIpc) is 2.05. The van der Waals surface area contributed by atoms with E-state index in [9.17, 15) is 0 Å². The molecule has 1 aromatic carbocycles. The van der Waals surface area contributed by atoms with Gasteiger partial charge in [-0.15, -0.1) is 0 Å². The van der Waals surface area contributed by atoms with Crippen LogP contribution in [0.1, 0.15) is 16.7 Å². The van der Waals surface area contributed by atoms with Gasteiger partial charge in [0.15, 0.2) is 0 Å². The summed E-state index contributed by atoms with van der Waals surface area (Å²) in [6.07, 6.45) is 0. The van der Waals surface area contributed by atoms with E-state index >= 15 is 0 Å². The molecule has 2 heteroatoms. The van der Waals surface area contributed by atoms with Crippen LogP contribution in [0.5, 0.6) is 0 Å². The van der Waals surface area contributed by atoms with Crippen LogP contribution in [0.4, 0.5) is 0 Å². The van der Waals surface area contributed by atoms with Gasteiger partial charge in [-0.2, -0.15) is 0 Å². The Morgan fingerprint density at radius 1 is 0.765 bits per heavy atom. The summed E-state index contributed by atoms with van der Waals surface area (Å²) in [5.41, 5.74) is 4.67. The lowest BCUT2D eigenvalue weighted by atomic mass is 10.1. The molecule has 0 aliphatic heterocycles. The van der Waals surface area contributed by atoms with E-state index in [2.05, 4.69) is 64.4 Å². The molecule has 0 atom stereocenters. The lowest BCUT2D eigenvalue weighted by Crippen LogP contribution is -2.28. The van der Waals surface area contributed by atoms with Gasteiger partial charge in [0.2, 0.25) is 0 Å². The summed E-state index contributed by atoms with van der Waals surface area (Å²) in [6.45, 7) is 17.0. The molecule has 0 radical (unpaired) electrons. The first-order valence-electron chi connectivity index (χ1n) is 6.65. The number of rotatable bonds is 4. The molecule has 0 nitrogen and oxygen atoms in total. The third-order valence-electron chi connectivity index (χ3n) is 2.80. The van der Waals surface area contributed by atoms with Crippen molar-refractivity contribution >= 4 is 16.1 Å². The molecule has 0 saturated heterocycles. The van der Waals surface area contributed by atoms with Gasteiger partial charge in [-0.25, -0.2) is 0 Å². The van der Waals surface area contributed by atoms with Gasteiger partial charge in [0.25, 0.3) is 0 Å². The second-order valence-electron chi connectivity index (χ2n) is 7.75. The summed E-state index contributed by atoms with van der Waals surface area (Å²) in [7, 11) is -2.02. The van der Waals surface area contributed by atoms with Gasteiger partial charge < -0.3 is 0 Å². The second kappa shape index (κ2) is 5.11. The monoisotopic (exact) mass is 264 g/mol. The highest BCUT2D eigenvalue weighted by Crippen LogP contribution is 2.21. The minimum Gasteiger partial charge on any atom is -0.0693 e. The Morgan fingerprint density at radius 2 is 1.24 bits per heavy atom. The lowest BCUT2D eigenvalue weighted by molar-refractivity contribution is 1.18. The second-order valence-corrected chi connectivity index (χ2v) is 18.7. The van der Waals surface area contributed by atoms with E-state index < -0.39 is 16.1 Å². The molecule has 1 rings (SSSR count). The van der Waals surface area contributed by atoms with Crippen molar-refractivity contribution in [3.8, 4) is 0 Å². The van der Waals surface area contributed by atoms with Crippen molar-refractivity contribution < 1.29 is 0 Å². The first-order valence-corrected chi connectivity index (χ1v) is 14.1. The van der Waals surface area contributed by atoms with Crippen molar-refractivity contribution in [2.45, 2.75) is 58.3 Å². The fourth-order valence-electron chi connectivity index (χ4n) is 2.23. The quantitative estimate of drug-likeness (QED) is 0.683. The Morgan fingerprint density at radius 3 is 1.71 bits per heavy atom. The van der Waals surface area contributed by atoms with Crippen molar-refractivity contribution in [3.63, 3.8) is 0 Å². The van der Waals surface area contributed by atoms with Gasteiger partial charge in [0.1, 0.15) is 0 Å². The van der Waals surface area contributed by atoms with Crippen LogP contribution in [0, 0.1) is 6.92 Å². The number of hydrogen-bond acceptors (Lipinski definition) is 0. The van der Waals surface area contributed by atoms with Crippen LogP contribution in [-0.4, -0.2) is 16.1 Å². The van der Waals surface area contributed by atoms with Crippen molar-refractivity contribution in [2.24, 2.45) is 0 Å². The lowest BCUT2D eigenvalue weighted by Gasteiger charge is -2.23. The standard InChI is InChI=1S/C15H28Si2/c1-13-8-9-14(11-16(2,3)4)15(10-13)12-17(5,6)7/h8-10H,11-12H2,1-7H3. The average molecular weight is 265 g/mol. The largest absolute Gasteiger partial charge is 0.0693 e. The Kier molecular flexibility index (Phi) is 4.42. The van der Waals surface area contributed by atoms with E-state index in [4.69, 9.17) is 0 Å². The minimum absolute atomic E-state index is 1.01. The van der Waals surface area contributed by atoms with E-state index in [1.165, 1.54) is 17.7 Å². The molecular weight excluding hydrogens is 236 g/mol. The third kappa shape index (κ3) is 5.69. The van der Waals surface area contributed by atoms with Crippen molar-refractivity contribution in [2.75, 3.05) is 0 Å². The molecule has 0 fully saturated rings. The summed E-state index contributed by atoms with van der Waals surface area (Å²) in [4.78, 5) is 0. The molecule has 0 amide bonds. The number of aryl methyl sites for hydroxylation is 1. The summed E-state index contributed by atoms with van der Waals surface area (Å²) in [6, 6.07) is 9.74. The topological polar surface area (TPSA) is 0 Å². The molecule has 0 bridgehead atoms. The van der Waals surface area contributed by atoms with Crippen LogP contribution in [0.2, 0.25) is 39.3 Å². The van der Waals surface area contributed by atoms with Crippen molar-refractivity contribution in [1.29, 1.82) is 0 Å². The number of hydrogen-bond donors (Lipinski definition) is 0. The first-order chi connectivity index (χ1) is 7.57. The molecule has 96 valence electrons. The summed E-state index contributed by atoms with van der Waals surface area (Å²) < 4.78 is 0. The van der Waals surface area contributed by atoms with Crippen LogP contribution in [-0.2, 0) is 12.1 Å². The molecule has 0 spiro atoms. The Balaban J connectivity index is 3.04. The normalized spacial score (nSPS) is 12.9. The zero-order valence-corrected chi connectivity index (χ0v) is 14.6. The molecule has 0 aromatic heterocycles. The van der Waals surface area contributed by atoms with Crippen LogP contribution in [0.25, 0.3) is 0 Å². The fraction of sp³-hybridized carbons (Fsp3) is 0.600. The highest BCUT2D eigenvalue weighted by molar-refractivity contribution is 6.76. The van der Waals surface area contributed by atoms with E-state index in [1.807, 2.05) is 0 Å². The maximum atomic E-state index is 2.47. The molecule has 0 aliphatic carbocycles. The minimum atomic E-state index is -1.01. The van der Waals surface area contributed by atoms with Crippen molar-refractivity contribution in [1.82, 2.24) is 0 Å². The van der Waals surface area contributed by atoms with E-state index in [1.54, 1.807) is 11.1 Å².